The Morgan fingerprint density at radius 1 is 1.14 bits per heavy atom. The predicted molar refractivity (Wildman–Crippen MR) is 78.7 cm³/mol. The Morgan fingerprint density at radius 2 is 1.86 bits per heavy atom. The Labute approximate surface area is 126 Å². The first-order valence-electron chi connectivity index (χ1n) is 6.83. The van der Waals surface area contributed by atoms with Crippen molar-refractivity contribution in [3.8, 4) is 0 Å². The number of carbonyl (C=O) groups excluding carboxylic acids is 1. The van der Waals surface area contributed by atoms with E-state index in [2.05, 4.69) is 20.3 Å². The molecule has 0 unspecified atom stereocenters. The van der Waals surface area contributed by atoms with Gasteiger partial charge < -0.3 is 14.3 Å². The molecule has 21 heavy (non-hydrogen) atoms. The molecule has 3 rings (SSSR count). The summed E-state index contributed by atoms with van der Waals surface area (Å²) >= 11 is 1.58. The summed E-state index contributed by atoms with van der Waals surface area (Å²) in [7, 11) is 0. The van der Waals surface area contributed by atoms with Gasteiger partial charge in [0.25, 0.3) is 5.91 Å². The Morgan fingerprint density at radius 3 is 2.38 bits per heavy atom. The van der Waals surface area contributed by atoms with Gasteiger partial charge in [-0.1, -0.05) is 16.5 Å². The fourth-order valence-electron chi connectivity index (χ4n) is 2.46. The number of hydrogen-bond acceptors (Lipinski definition) is 7. The van der Waals surface area contributed by atoms with Crippen molar-refractivity contribution in [3.63, 3.8) is 0 Å². The molecule has 1 fully saturated rings. The van der Waals surface area contributed by atoms with Crippen LogP contribution in [0.15, 0.2) is 4.52 Å². The maximum absolute atomic E-state index is 12.5. The lowest BCUT2D eigenvalue weighted by molar-refractivity contribution is 0.0744. The van der Waals surface area contributed by atoms with Crippen LogP contribution in [0.25, 0.3) is 0 Å². The summed E-state index contributed by atoms with van der Waals surface area (Å²) in [5, 5.41) is 13.9. The molecule has 0 bridgehead atoms. The van der Waals surface area contributed by atoms with Gasteiger partial charge in [-0.15, -0.1) is 10.2 Å². The van der Waals surface area contributed by atoms with E-state index < -0.39 is 0 Å². The number of aromatic nitrogens is 3. The molecule has 0 spiro atoms. The van der Waals surface area contributed by atoms with Gasteiger partial charge in [0.1, 0.15) is 16.3 Å². The standard InChI is InChI=1S/C13H17N5O2S/c1-8-11(9(2)20-16-8)12(19)17-4-6-18(7-5-17)13-15-14-10(3)21-13/h4-7H2,1-3H3. The van der Waals surface area contributed by atoms with Gasteiger partial charge in [-0.05, 0) is 20.8 Å². The monoisotopic (exact) mass is 307 g/mol. The van der Waals surface area contributed by atoms with E-state index in [-0.39, 0.29) is 5.91 Å². The molecule has 0 atom stereocenters. The van der Waals surface area contributed by atoms with Crippen LogP contribution in [-0.2, 0) is 0 Å². The summed E-state index contributed by atoms with van der Waals surface area (Å²) in [4.78, 5) is 16.5. The number of amides is 1. The van der Waals surface area contributed by atoms with Crippen LogP contribution >= 0.6 is 11.3 Å². The van der Waals surface area contributed by atoms with Crippen molar-refractivity contribution in [2.24, 2.45) is 0 Å². The van der Waals surface area contributed by atoms with Gasteiger partial charge in [0.05, 0.1) is 5.69 Å². The number of aryl methyl sites for hydroxylation is 3. The summed E-state index contributed by atoms with van der Waals surface area (Å²) in [5.41, 5.74) is 1.25. The average molecular weight is 307 g/mol. The predicted octanol–water partition coefficient (Wildman–Crippen LogP) is 1.41. The van der Waals surface area contributed by atoms with Crippen LogP contribution < -0.4 is 4.90 Å². The fourth-order valence-corrected chi connectivity index (χ4v) is 3.20. The summed E-state index contributed by atoms with van der Waals surface area (Å²) in [6.45, 7) is 8.38. The van der Waals surface area contributed by atoms with E-state index in [4.69, 9.17) is 4.52 Å². The van der Waals surface area contributed by atoms with Crippen LogP contribution in [0.2, 0.25) is 0 Å². The second kappa shape index (κ2) is 5.44. The quantitative estimate of drug-likeness (QED) is 0.835. The molecule has 0 N–H and O–H groups in total. The highest BCUT2D eigenvalue weighted by atomic mass is 32.1. The maximum atomic E-state index is 12.5. The minimum atomic E-state index is -0.000607. The Kier molecular flexibility index (Phi) is 3.62. The third-order valence-corrected chi connectivity index (χ3v) is 4.50. The van der Waals surface area contributed by atoms with Crippen LogP contribution in [0.5, 0.6) is 0 Å². The van der Waals surface area contributed by atoms with E-state index in [0.717, 1.165) is 23.2 Å². The van der Waals surface area contributed by atoms with Gasteiger partial charge in [0.2, 0.25) is 5.13 Å². The van der Waals surface area contributed by atoms with E-state index in [9.17, 15) is 4.79 Å². The lowest BCUT2D eigenvalue weighted by atomic mass is 10.1. The van der Waals surface area contributed by atoms with Crippen LogP contribution in [-0.4, -0.2) is 52.3 Å². The number of rotatable bonds is 2. The Balaban J connectivity index is 1.67. The molecule has 1 aliphatic rings. The third-order valence-electron chi connectivity index (χ3n) is 3.60. The first kappa shape index (κ1) is 14.0. The molecule has 1 saturated heterocycles. The maximum Gasteiger partial charge on any atom is 0.259 e. The van der Waals surface area contributed by atoms with Gasteiger partial charge >= 0.3 is 0 Å². The molecule has 0 radical (unpaired) electrons. The average Bonchev–Trinajstić information content (AvgIpc) is 3.05. The normalized spacial score (nSPS) is 15.6. The molecule has 2 aromatic rings. The zero-order chi connectivity index (χ0) is 15.0. The minimum absolute atomic E-state index is 0.000607. The molecular weight excluding hydrogens is 290 g/mol. The van der Waals surface area contributed by atoms with Crippen LogP contribution in [0.4, 0.5) is 5.13 Å². The zero-order valence-corrected chi connectivity index (χ0v) is 13.1. The molecule has 1 amide bonds. The summed E-state index contributed by atoms with van der Waals surface area (Å²) < 4.78 is 5.08. The summed E-state index contributed by atoms with van der Waals surface area (Å²) in [6, 6.07) is 0. The van der Waals surface area contributed by atoms with E-state index >= 15 is 0 Å². The highest BCUT2D eigenvalue weighted by Crippen LogP contribution is 2.22. The lowest BCUT2D eigenvalue weighted by Crippen LogP contribution is -2.49. The van der Waals surface area contributed by atoms with Gasteiger partial charge in [-0.25, -0.2) is 0 Å². The SMILES string of the molecule is Cc1nnc(N2CCN(C(=O)c3c(C)noc3C)CC2)s1. The van der Waals surface area contributed by atoms with Crippen molar-refractivity contribution in [3.05, 3.63) is 22.0 Å². The molecule has 2 aromatic heterocycles. The van der Waals surface area contributed by atoms with E-state index in [1.807, 2.05) is 11.8 Å². The summed E-state index contributed by atoms with van der Waals surface area (Å²) in [6.07, 6.45) is 0. The Hall–Kier alpha value is -1.96. The van der Waals surface area contributed by atoms with E-state index in [1.54, 1.807) is 25.2 Å². The smallest absolute Gasteiger partial charge is 0.259 e. The highest BCUT2D eigenvalue weighted by Gasteiger charge is 2.27. The molecule has 7 nitrogen and oxygen atoms in total. The number of anilines is 1. The first-order chi connectivity index (χ1) is 10.1. The topological polar surface area (TPSA) is 75.4 Å². The van der Waals surface area contributed by atoms with Crippen LogP contribution in [0.3, 0.4) is 0 Å². The molecule has 3 heterocycles. The highest BCUT2D eigenvalue weighted by molar-refractivity contribution is 7.15. The third kappa shape index (κ3) is 2.63. The van der Waals surface area contributed by atoms with Gasteiger partial charge in [-0.2, -0.15) is 0 Å². The molecule has 0 aliphatic carbocycles. The number of nitrogens with zero attached hydrogens (tertiary/aromatic N) is 5. The largest absolute Gasteiger partial charge is 0.361 e. The van der Waals surface area contributed by atoms with Crippen LogP contribution in [0.1, 0.15) is 26.8 Å². The summed E-state index contributed by atoms with van der Waals surface area (Å²) in [5.74, 6) is 0.582. The molecule has 112 valence electrons. The van der Waals surface area contributed by atoms with Crippen molar-refractivity contribution >= 4 is 22.4 Å². The second-order valence-corrected chi connectivity index (χ2v) is 6.24. The van der Waals surface area contributed by atoms with Crippen molar-refractivity contribution in [1.82, 2.24) is 20.3 Å². The minimum Gasteiger partial charge on any atom is -0.361 e. The molecule has 0 aromatic carbocycles. The molecule has 0 saturated carbocycles. The second-order valence-electron chi connectivity index (χ2n) is 5.08. The number of piperazine rings is 1. The Bertz CT molecular complexity index is 638. The van der Waals surface area contributed by atoms with E-state index in [1.165, 1.54) is 0 Å². The zero-order valence-electron chi connectivity index (χ0n) is 12.3. The lowest BCUT2D eigenvalue weighted by Gasteiger charge is -2.34. The molecule has 1 aliphatic heterocycles. The van der Waals surface area contributed by atoms with Gasteiger partial charge in [0, 0.05) is 26.2 Å². The number of carbonyl (C=O) groups is 1. The van der Waals surface area contributed by atoms with Crippen molar-refractivity contribution in [2.45, 2.75) is 20.8 Å². The number of hydrogen-bond donors (Lipinski definition) is 0. The van der Waals surface area contributed by atoms with Crippen molar-refractivity contribution in [2.75, 3.05) is 31.1 Å². The van der Waals surface area contributed by atoms with Gasteiger partial charge in [0.15, 0.2) is 0 Å². The van der Waals surface area contributed by atoms with Gasteiger partial charge in [-0.3, -0.25) is 4.79 Å². The molecular formula is C13H17N5O2S. The fraction of sp³-hybridized carbons (Fsp3) is 0.538. The van der Waals surface area contributed by atoms with Crippen molar-refractivity contribution in [1.29, 1.82) is 0 Å². The van der Waals surface area contributed by atoms with Crippen LogP contribution in [0, 0.1) is 20.8 Å². The van der Waals surface area contributed by atoms with E-state index in [0.29, 0.717) is 30.1 Å². The van der Waals surface area contributed by atoms with Crippen molar-refractivity contribution < 1.29 is 9.32 Å². The molecule has 8 heteroatoms. The first-order valence-corrected chi connectivity index (χ1v) is 7.65.